The van der Waals surface area contributed by atoms with Crippen molar-refractivity contribution in [3.8, 4) is 17.0 Å². The molecule has 2 aromatic heterocycles. The number of anilines is 1. The molecule has 170 valence electrons. The summed E-state index contributed by atoms with van der Waals surface area (Å²) in [7, 11) is 1.85. The first-order valence-corrected chi connectivity index (χ1v) is 12.4. The number of nitrogens with one attached hydrogen (secondary N) is 1. The molecular weight excluding hydrogens is 501 g/mol. The fourth-order valence-electron chi connectivity index (χ4n) is 2.89. The van der Waals surface area contributed by atoms with Gasteiger partial charge in [0.1, 0.15) is 12.4 Å². The number of hydrogen-bond donors (Lipinski definition) is 1. The highest BCUT2D eigenvalue weighted by molar-refractivity contribution is 7.99. The minimum absolute atomic E-state index is 0.168. The number of carbonyl (C=O) groups excluding carboxylic acids is 1. The van der Waals surface area contributed by atoms with E-state index in [1.165, 1.54) is 23.1 Å². The lowest BCUT2D eigenvalue weighted by Crippen LogP contribution is -2.14. The van der Waals surface area contributed by atoms with Crippen LogP contribution < -0.4 is 10.1 Å². The normalized spacial score (nSPS) is 10.9. The highest BCUT2D eigenvalue weighted by atomic mass is 35.5. The number of thiazole rings is 1. The van der Waals surface area contributed by atoms with Gasteiger partial charge in [-0.1, -0.05) is 47.1 Å². The Morgan fingerprint density at radius 3 is 2.85 bits per heavy atom. The molecular formula is C22H19Cl2N5O2S2. The topological polar surface area (TPSA) is 81.9 Å². The molecule has 0 saturated heterocycles. The molecule has 2 heterocycles. The molecule has 7 nitrogen and oxygen atoms in total. The number of aryl methyl sites for hydroxylation is 1. The predicted molar refractivity (Wildman–Crippen MR) is 133 cm³/mol. The monoisotopic (exact) mass is 519 g/mol. The van der Waals surface area contributed by atoms with Gasteiger partial charge in [-0.3, -0.25) is 4.79 Å². The molecule has 0 atom stereocenters. The van der Waals surface area contributed by atoms with Crippen molar-refractivity contribution < 1.29 is 9.53 Å². The molecule has 0 saturated carbocycles. The van der Waals surface area contributed by atoms with Gasteiger partial charge in [0.15, 0.2) is 16.1 Å². The van der Waals surface area contributed by atoms with Crippen LogP contribution in [0.25, 0.3) is 11.3 Å². The fraction of sp³-hybridized carbons (Fsp3) is 0.182. The maximum absolute atomic E-state index is 12.4. The first kappa shape index (κ1) is 23.6. The average Bonchev–Trinajstić information content (AvgIpc) is 3.37. The van der Waals surface area contributed by atoms with Crippen molar-refractivity contribution in [1.82, 2.24) is 19.7 Å². The van der Waals surface area contributed by atoms with Gasteiger partial charge in [0.25, 0.3) is 0 Å². The second-order valence-corrected chi connectivity index (χ2v) is 9.71. The summed E-state index contributed by atoms with van der Waals surface area (Å²) >= 11 is 14.8. The Kier molecular flexibility index (Phi) is 7.54. The van der Waals surface area contributed by atoms with Gasteiger partial charge in [0.05, 0.1) is 16.5 Å². The number of halogens is 2. The van der Waals surface area contributed by atoms with E-state index in [2.05, 4.69) is 20.5 Å². The van der Waals surface area contributed by atoms with E-state index >= 15 is 0 Å². The van der Waals surface area contributed by atoms with Crippen molar-refractivity contribution in [3.05, 3.63) is 69.3 Å². The van der Waals surface area contributed by atoms with E-state index in [0.29, 0.717) is 31.9 Å². The number of ether oxygens (including phenoxy) is 1. The Labute approximate surface area is 209 Å². The third kappa shape index (κ3) is 6.05. The van der Waals surface area contributed by atoms with Crippen molar-refractivity contribution in [3.63, 3.8) is 0 Å². The van der Waals surface area contributed by atoms with Gasteiger partial charge in [-0.05, 0) is 42.8 Å². The van der Waals surface area contributed by atoms with Gasteiger partial charge in [-0.2, -0.15) is 0 Å². The Hall–Kier alpha value is -2.59. The fourth-order valence-corrected chi connectivity index (χ4v) is 4.85. The lowest BCUT2D eigenvalue weighted by atomic mass is 10.2. The first-order valence-electron chi connectivity index (χ1n) is 9.80. The SMILES string of the molecule is Cc1cccc(OCc2nnc(SCC(=O)Nc3nc(-c4ccc(Cl)cc4Cl)cs3)n2C)c1. The molecule has 0 radical (unpaired) electrons. The van der Waals surface area contributed by atoms with Gasteiger partial charge in [-0.25, -0.2) is 4.98 Å². The average molecular weight is 520 g/mol. The van der Waals surface area contributed by atoms with E-state index in [1.54, 1.807) is 18.2 Å². The van der Waals surface area contributed by atoms with E-state index < -0.39 is 0 Å². The molecule has 0 aliphatic carbocycles. The Bertz CT molecular complexity index is 1290. The van der Waals surface area contributed by atoms with Crippen molar-refractivity contribution in [2.45, 2.75) is 18.7 Å². The smallest absolute Gasteiger partial charge is 0.236 e. The number of carbonyl (C=O) groups is 1. The molecule has 2 aromatic carbocycles. The third-order valence-corrected chi connectivity index (χ3v) is 6.90. The largest absolute Gasteiger partial charge is 0.486 e. The van der Waals surface area contributed by atoms with Crippen molar-refractivity contribution >= 4 is 57.3 Å². The first-order chi connectivity index (χ1) is 15.9. The summed E-state index contributed by atoms with van der Waals surface area (Å²) < 4.78 is 7.61. The Morgan fingerprint density at radius 2 is 2.06 bits per heavy atom. The summed E-state index contributed by atoms with van der Waals surface area (Å²) in [5.41, 5.74) is 2.55. The van der Waals surface area contributed by atoms with Crippen LogP contribution in [0, 0.1) is 6.92 Å². The number of hydrogen-bond acceptors (Lipinski definition) is 7. The Balaban J connectivity index is 1.31. The molecule has 4 aromatic rings. The standard InChI is InChI=1S/C22H19Cl2N5O2S2/c1-13-4-3-5-15(8-13)31-10-19-27-28-22(29(19)2)33-12-20(30)26-21-25-18(11-32-21)16-7-6-14(23)9-17(16)24/h3-9,11H,10,12H2,1-2H3,(H,25,26,30). The van der Waals surface area contributed by atoms with Crippen LogP contribution >= 0.6 is 46.3 Å². The molecule has 1 N–H and O–H groups in total. The van der Waals surface area contributed by atoms with Crippen LogP contribution in [0.15, 0.2) is 53.0 Å². The number of thioether (sulfide) groups is 1. The van der Waals surface area contributed by atoms with E-state index in [0.717, 1.165) is 16.9 Å². The van der Waals surface area contributed by atoms with Crippen LogP contribution in [0.1, 0.15) is 11.4 Å². The molecule has 0 aliphatic rings. The highest BCUT2D eigenvalue weighted by Crippen LogP contribution is 2.32. The summed E-state index contributed by atoms with van der Waals surface area (Å²) in [4.78, 5) is 16.9. The second kappa shape index (κ2) is 10.6. The third-order valence-electron chi connectivity index (χ3n) is 4.57. The molecule has 0 spiro atoms. The lowest BCUT2D eigenvalue weighted by Gasteiger charge is -2.07. The van der Waals surface area contributed by atoms with Crippen molar-refractivity contribution in [2.75, 3.05) is 11.1 Å². The van der Waals surface area contributed by atoms with Gasteiger partial charge in [0.2, 0.25) is 5.91 Å². The van der Waals surface area contributed by atoms with E-state index in [1.807, 2.05) is 48.2 Å². The lowest BCUT2D eigenvalue weighted by molar-refractivity contribution is -0.113. The van der Waals surface area contributed by atoms with Gasteiger partial charge >= 0.3 is 0 Å². The molecule has 33 heavy (non-hydrogen) atoms. The van der Waals surface area contributed by atoms with Crippen LogP contribution in [0.3, 0.4) is 0 Å². The Morgan fingerprint density at radius 1 is 1.21 bits per heavy atom. The molecule has 0 fully saturated rings. The van der Waals surface area contributed by atoms with Crippen LogP contribution in [-0.2, 0) is 18.4 Å². The summed E-state index contributed by atoms with van der Waals surface area (Å²) in [6, 6.07) is 13.0. The number of nitrogens with zero attached hydrogens (tertiary/aromatic N) is 4. The molecule has 4 rings (SSSR count). The predicted octanol–water partition coefficient (Wildman–Crippen LogP) is 5.86. The quantitative estimate of drug-likeness (QED) is 0.293. The zero-order chi connectivity index (χ0) is 23.4. The van der Waals surface area contributed by atoms with Gasteiger partial charge in [-0.15, -0.1) is 21.5 Å². The maximum Gasteiger partial charge on any atom is 0.236 e. The summed E-state index contributed by atoms with van der Waals surface area (Å²) in [5.74, 6) is 1.42. The second-order valence-electron chi connectivity index (χ2n) is 7.06. The molecule has 0 bridgehead atoms. The molecule has 1 amide bonds. The number of aromatic nitrogens is 4. The summed E-state index contributed by atoms with van der Waals surface area (Å²) in [6.45, 7) is 2.29. The summed E-state index contributed by atoms with van der Waals surface area (Å²) in [6.07, 6.45) is 0. The summed E-state index contributed by atoms with van der Waals surface area (Å²) in [5, 5.41) is 15.2. The number of rotatable bonds is 8. The minimum Gasteiger partial charge on any atom is -0.486 e. The van der Waals surface area contributed by atoms with Crippen LogP contribution in [-0.4, -0.2) is 31.4 Å². The van der Waals surface area contributed by atoms with Crippen LogP contribution in [0.4, 0.5) is 5.13 Å². The highest BCUT2D eigenvalue weighted by Gasteiger charge is 2.14. The number of amides is 1. The van der Waals surface area contributed by atoms with Gasteiger partial charge < -0.3 is 14.6 Å². The zero-order valence-electron chi connectivity index (χ0n) is 17.7. The molecule has 0 aliphatic heterocycles. The van der Waals surface area contributed by atoms with Crippen LogP contribution in [0.2, 0.25) is 10.0 Å². The zero-order valence-corrected chi connectivity index (χ0v) is 20.9. The molecule has 11 heteroatoms. The van der Waals surface area contributed by atoms with E-state index in [-0.39, 0.29) is 18.3 Å². The number of benzene rings is 2. The van der Waals surface area contributed by atoms with E-state index in [4.69, 9.17) is 27.9 Å². The maximum atomic E-state index is 12.4. The minimum atomic E-state index is -0.191. The van der Waals surface area contributed by atoms with Crippen LogP contribution in [0.5, 0.6) is 5.75 Å². The van der Waals surface area contributed by atoms with E-state index in [9.17, 15) is 4.79 Å². The van der Waals surface area contributed by atoms with Crippen molar-refractivity contribution in [1.29, 1.82) is 0 Å². The molecule has 0 unspecified atom stereocenters. The van der Waals surface area contributed by atoms with Crippen molar-refractivity contribution in [2.24, 2.45) is 7.05 Å². The van der Waals surface area contributed by atoms with Gasteiger partial charge in [0, 0.05) is 23.0 Å².